The van der Waals surface area contributed by atoms with Gasteiger partial charge in [0, 0.05) is 0 Å². The molecule has 12 nitrogen and oxygen atoms in total. The van der Waals surface area contributed by atoms with Crippen molar-refractivity contribution in [3.63, 3.8) is 0 Å². The molecule has 4 unspecified atom stereocenters. The molecule has 170 valence electrons. The minimum absolute atomic E-state index is 0.0333. The Morgan fingerprint density at radius 2 is 1.57 bits per heavy atom. The molecular formula is C18H30N4O8. The molecule has 0 spiro atoms. The van der Waals surface area contributed by atoms with Gasteiger partial charge in [-0.2, -0.15) is 0 Å². The van der Waals surface area contributed by atoms with Gasteiger partial charge in [-0.1, -0.05) is 13.8 Å². The predicted molar refractivity (Wildman–Crippen MR) is 103 cm³/mol. The molecule has 1 rings (SSSR count). The Kier molecular flexibility index (Phi) is 10.2. The van der Waals surface area contributed by atoms with Crippen LogP contribution in [0.2, 0.25) is 0 Å². The van der Waals surface area contributed by atoms with Gasteiger partial charge < -0.3 is 36.6 Å². The fourth-order valence-electron chi connectivity index (χ4n) is 3.00. The van der Waals surface area contributed by atoms with Crippen LogP contribution in [-0.2, 0) is 24.0 Å². The number of aliphatic hydroxyl groups is 1. The first kappa shape index (κ1) is 25.3. The summed E-state index contributed by atoms with van der Waals surface area (Å²) >= 11 is 0. The summed E-state index contributed by atoms with van der Waals surface area (Å²) in [6.45, 7) is 3.55. The summed E-state index contributed by atoms with van der Waals surface area (Å²) in [4.78, 5) is 59.1. The van der Waals surface area contributed by atoms with Gasteiger partial charge in [-0.3, -0.25) is 19.2 Å². The van der Waals surface area contributed by atoms with Crippen LogP contribution in [-0.4, -0.2) is 82.3 Å². The molecule has 3 amide bonds. The zero-order chi connectivity index (χ0) is 22.8. The first-order valence-electron chi connectivity index (χ1n) is 9.75. The second kappa shape index (κ2) is 12.1. The predicted octanol–water partition coefficient (Wildman–Crippen LogP) is -2.21. The van der Waals surface area contributed by atoms with Crippen molar-refractivity contribution >= 4 is 29.7 Å². The van der Waals surface area contributed by atoms with Crippen molar-refractivity contribution in [2.75, 3.05) is 13.2 Å². The van der Waals surface area contributed by atoms with Crippen LogP contribution in [0.3, 0.4) is 0 Å². The van der Waals surface area contributed by atoms with E-state index in [0.29, 0.717) is 13.0 Å². The number of amides is 3. The zero-order valence-electron chi connectivity index (χ0n) is 17.0. The van der Waals surface area contributed by atoms with E-state index in [1.54, 1.807) is 0 Å². The molecule has 0 aromatic heterocycles. The maximum absolute atomic E-state index is 12.7. The molecule has 30 heavy (non-hydrogen) atoms. The second-order valence-corrected chi connectivity index (χ2v) is 7.58. The number of carboxylic acids is 2. The summed E-state index contributed by atoms with van der Waals surface area (Å²) in [5.41, 5.74) is 0. The zero-order valence-corrected chi connectivity index (χ0v) is 17.0. The van der Waals surface area contributed by atoms with E-state index in [1.165, 1.54) is 0 Å². The van der Waals surface area contributed by atoms with Crippen LogP contribution in [0.1, 0.15) is 39.5 Å². The third kappa shape index (κ3) is 8.33. The molecular weight excluding hydrogens is 400 g/mol. The molecule has 4 atom stereocenters. The summed E-state index contributed by atoms with van der Waals surface area (Å²) in [5.74, 6) is -5.08. The molecule has 0 aliphatic carbocycles. The van der Waals surface area contributed by atoms with E-state index >= 15 is 0 Å². The Labute approximate surface area is 173 Å². The van der Waals surface area contributed by atoms with Gasteiger partial charge in [0.25, 0.3) is 0 Å². The highest BCUT2D eigenvalue weighted by Gasteiger charge is 2.32. The van der Waals surface area contributed by atoms with Crippen molar-refractivity contribution in [1.82, 2.24) is 21.3 Å². The smallest absolute Gasteiger partial charge is 0.326 e. The Morgan fingerprint density at radius 3 is 2.03 bits per heavy atom. The van der Waals surface area contributed by atoms with Gasteiger partial charge in [-0.25, -0.2) is 4.79 Å². The van der Waals surface area contributed by atoms with Gasteiger partial charge >= 0.3 is 11.9 Å². The van der Waals surface area contributed by atoms with E-state index in [-0.39, 0.29) is 18.2 Å². The average molecular weight is 430 g/mol. The lowest BCUT2D eigenvalue weighted by atomic mass is 10.0. The lowest BCUT2D eigenvalue weighted by Gasteiger charge is -2.25. The maximum Gasteiger partial charge on any atom is 0.326 e. The third-order valence-corrected chi connectivity index (χ3v) is 4.53. The van der Waals surface area contributed by atoms with Gasteiger partial charge in [-0.15, -0.1) is 0 Å². The second-order valence-electron chi connectivity index (χ2n) is 7.58. The largest absolute Gasteiger partial charge is 0.481 e. The van der Waals surface area contributed by atoms with Crippen LogP contribution in [0.5, 0.6) is 0 Å². The van der Waals surface area contributed by atoms with E-state index in [2.05, 4.69) is 16.0 Å². The Balaban J connectivity index is 2.79. The molecule has 0 aromatic rings. The molecule has 1 saturated heterocycles. The summed E-state index contributed by atoms with van der Waals surface area (Å²) in [6.07, 6.45) is 0.894. The van der Waals surface area contributed by atoms with Crippen molar-refractivity contribution in [2.24, 2.45) is 5.92 Å². The van der Waals surface area contributed by atoms with Crippen molar-refractivity contribution in [1.29, 1.82) is 0 Å². The van der Waals surface area contributed by atoms with Crippen molar-refractivity contribution in [3.05, 3.63) is 0 Å². The van der Waals surface area contributed by atoms with Crippen LogP contribution in [0.25, 0.3) is 0 Å². The minimum Gasteiger partial charge on any atom is -0.481 e. The van der Waals surface area contributed by atoms with Crippen LogP contribution in [0.15, 0.2) is 0 Å². The van der Waals surface area contributed by atoms with Crippen LogP contribution >= 0.6 is 0 Å². The van der Waals surface area contributed by atoms with Gasteiger partial charge in [0.2, 0.25) is 17.7 Å². The van der Waals surface area contributed by atoms with Crippen molar-refractivity contribution < 1.29 is 39.3 Å². The van der Waals surface area contributed by atoms with Crippen LogP contribution in [0, 0.1) is 5.92 Å². The number of carbonyl (C=O) groups is 5. The number of hydrogen-bond acceptors (Lipinski definition) is 7. The highest BCUT2D eigenvalue weighted by atomic mass is 16.4. The van der Waals surface area contributed by atoms with Crippen LogP contribution < -0.4 is 21.3 Å². The summed E-state index contributed by atoms with van der Waals surface area (Å²) in [5, 5.41) is 37.1. The number of hydrogen-bond donors (Lipinski definition) is 7. The Hall–Kier alpha value is -2.73. The molecule has 1 aliphatic rings. The van der Waals surface area contributed by atoms with Crippen LogP contribution in [0.4, 0.5) is 0 Å². The van der Waals surface area contributed by atoms with Crippen molar-refractivity contribution in [3.8, 4) is 0 Å². The molecule has 1 heterocycles. The van der Waals surface area contributed by atoms with E-state index < -0.39 is 60.9 Å². The molecule has 1 fully saturated rings. The summed E-state index contributed by atoms with van der Waals surface area (Å²) < 4.78 is 0. The lowest BCUT2D eigenvalue weighted by molar-refractivity contribution is -0.147. The first-order chi connectivity index (χ1) is 14.0. The minimum atomic E-state index is -1.72. The Morgan fingerprint density at radius 1 is 0.967 bits per heavy atom. The quantitative estimate of drug-likeness (QED) is 0.180. The molecule has 0 radical (unpaired) electrons. The first-order valence-corrected chi connectivity index (χ1v) is 9.75. The SMILES string of the molecule is CC(C)CC(NC(=O)C1CCCN1)C(=O)NC(CO)C(=O)NC(CC(=O)O)C(=O)O. The summed E-state index contributed by atoms with van der Waals surface area (Å²) in [6, 6.07) is -4.60. The maximum atomic E-state index is 12.7. The highest BCUT2D eigenvalue weighted by molar-refractivity contribution is 5.94. The van der Waals surface area contributed by atoms with E-state index in [9.17, 15) is 29.1 Å². The number of aliphatic carboxylic acids is 2. The standard InChI is InChI=1S/C18H30N4O8/c1-9(2)6-11(20-15(26)10-4-3-5-19-10)16(27)22-13(8-23)17(28)21-12(18(29)30)7-14(24)25/h9-13,19,23H,3-8H2,1-2H3,(H,20,26)(H,21,28)(H,22,27)(H,24,25)(H,29,30). The van der Waals surface area contributed by atoms with Gasteiger partial charge in [-0.05, 0) is 31.7 Å². The summed E-state index contributed by atoms with van der Waals surface area (Å²) in [7, 11) is 0. The van der Waals surface area contributed by atoms with Crippen molar-refractivity contribution in [2.45, 2.75) is 63.7 Å². The van der Waals surface area contributed by atoms with Gasteiger partial charge in [0.15, 0.2) is 0 Å². The fourth-order valence-corrected chi connectivity index (χ4v) is 3.00. The molecule has 0 aromatic carbocycles. The number of nitrogens with one attached hydrogen (secondary N) is 4. The lowest BCUT2D eigenvalue weighted by Crippen LogP contribution is -2.58. The van der Waals surface area contributed by atoms with Gasteiger partial charge in [0.1, 0.15) is 18.1 Å². The number of rotatable bonds is 12. The normalized spacial score (nSPS) is 18.9. The van der Waals surface area contributed by atoms with E-state index in [0.717, 1.165) is 6.42 Å². The van der Waals surface area contributed by atoms with E-state index in [4.69, 9.17) is 10.2 Å². The van der Waals surface area contributed by atoms with E-state index in [1.807, 2.05) is 19.2 Å². The third-order valence-electron chi connectivity index (χ3n) is 4.53. The highest BCUT2D eigenvalue weighted by Crippen LogP contribution is 2.09. The number of aliphatic hydroxyl groups excluding tert-OH is 1. The topological polar surface area (TPSA) is 194 Å². The molecule has 1 aliphatic heterocycles. The molecule has 7 N–H and O–H groups in total. The molecule has 0 saturated carbocycles. The monoisotopic (exact) mass is 430 g/mol. The fraction of sp³-hybridized carbons (Fsp3) is 0.722. The average Bonchev–Trinajstić information content (AvgIpc) is 3.18. The van der Waals surface area contributed by atoms with Gasteiger partial charge in [0.05, 0.1) is 19.1 Å². The Bertz CT molecular complexity index is 648. The number of carbonyl (C=O) groups excluding carboxylic acids is 3. The molecule has 0 bridgehead atoms. The molecule has 12 heteroatoms. The number of carboxylic acid groups (broad SMARTS) is 2.